The standard InChI is InChI=1S/C32H22O2S2/c33-27-25(29(21-13-5-1-6-14-21)35-31(27)23-17-9-3-10-18-23)26-28(34)32(24-19-11-4-12-20-24)36-30(26)22-15-7-2-8-16-22/h1-20,33-34H. The van der Waals surface area contributed by atoms with Crippen LogP contribution in [-0.4, -0.2) is 10.2 Å². The lowest BCUT2D eigenvalue weighted by atomic mass is 9.96. The number of thiophene rings is 2. The van der Waals surface area contributed by atoms with E-state index in [4.69, 9.17) is 0 Å². The first-order valence-corrected chi connectivity index (χ1v) is 13.3. The predicted molar refractivity (Wildman–Crippen MR) is 153 cm³/mol. The molecule has 6 aromatic rings. The Kier molecular flexibility index (Phi) is 5.90. The van der Waals surface area contributed by atoms with Crippen molar-refractivity contribution in [2.24, 2.45) is 0 Å². The molecule has 36 heavy (non-hydrogen) atoms. The zero-order valence-electron chi connectivity index (χ0n) is 19.3. The molecule has 0 unspecified atom stereocenters. The van der Waals surface area contributed by atoms with Crippen LogP contribution in [0.5, 0.6) is 11.5 Å². The minimum Gasteiger partial charge on any atom is -0.506 e. The molecule has 0 aliphatic carbocycles. The molecular weight excluding hydrogens is 480 g/mol. The van der Waals surface area contributed by atoms with Crippen LogP contribution in [0.15, 0.2) is 121 Å². The maximum atomic E-state index is 11.8. The van der Waals surface area contributed by atoms with Crippen LogP contribution in [0, 0.1) is 0 Å². The molecule has 2 aromatic heterocycles. The maximum Gasteiger partial charge on any atom is 0.142 e. The molecular formula is C32H22O2S2. The highest BCUT2D eigenvalue weighted by molar-refractivity contribution is 7.21. The Morgan fingerprint density at radius 2 is 0.583 bits per heavy atom. The zero-order chi connectivity index (χ0) is 24.5. The Balaban J connectivity index is 1.69. The number of rotatable bonds is 5. The Morgan fingerprint density at radius 1 is 0.333 bits per heavy atom. The van der Waals surface area contributed by atoms with Gasteiger partial charge in [-0.05, 0) is 22.3 Å². The van der Waals surface area contributed by atoms with Crippen molar-refractivity contribution in [1.82, 2.24) is 0 Å². The lowest BCUT2D eigenvalue weighted by Gasteiger charge is -2.09. The number of hydrogen-bond acceptors (Lipinski definition) is 4. The molecule has 2 heterocycles. The molecule has 0 aliphatic rings. The second-order valence-corrected chi connectivity index (χ2v) is 10.5. The lowest BCUT2D eigenvalue weighted by molar-refractivity contribution is 0.474. The molecule has 6 rings (SSSR count). The van der Waals surface area contributed by atoms with Gasteiger partial charge in [-0.2, -0.15) is 0 Å². The molecule has 0 saturated heterocycles. The Morgan fingerprint density at radius 3 is 0.861 bits per heavy atom. The molecule has 4 heteroatoms. The SMILES string of the molecule is Oc1c(-c2ccccc2)sc(-c2ccccc2)c1-c1c(-c2ccccc2)sc(-c2ccccc2)c1O. The summed E-state index contributed by atoms with van der Waals surface area (Å²) in [5.41, 5.74) is 5.23. The molecule has 0 radical (unpaired) electrons. The summed E-state index contributed by atoms with van der Waals surface area (Å²) < 4.78 is 0. The molecule has 2 N–H and O–H groups in total. The van der Waals surface area contributed by atoms with Gasteiger partial charge in [0, 0.05) is 20.9 Å². The van der Waals surface area contributed by atoms with E-state index in [1.54, 1.807) is 22.7 Å². The fraction of sp³-hybridized carbons (Fsp3) is 0. The predicted octanol–water partition coefficient (Wildman–Crippen LogP) is 9.56. The van der Waals surface area contributed by atoms with Gasteiger partial charge in [-0.3, -0.25) is 0 Å². The van der Waals surface area contributed by atoms with Crippen molar-refractivity contribution in [1.29, 1.82) is 0 Å². The van der Waals surface area contributed by atoms with Gasteiger partial charge in [-0.15, -0.1) is 22.7 Å². The van der Waals surface area contributed by atoms with Crippen molar-refractivity contribution in [2.45, 2.75) is 0 Å². The molecule has 0 amide bonds. The summed E-state index contributed by atoms with van der Waals surface area (Å²) >= 11 is 3.10. The molecule has 174 valence electrons. The minimum absolute atomic E-state index is 0.190. The highest BCUT2D eigenvalue weighted by Crippen LogP contribution is 2.59. The highest BCUT2D eigenvalue weighted by Gasteiger charge is 2.29. The first kappa shape index (κ1) is 22.4. The summed E-state index contributed by atoms with van der Waals surface area (Å²) in [6.45, 7) is 0. The summed E-state index contributed by atoms with van der Waals surface area (Å²) in [5.74, 6) is 0.380. The fourth-order valence-corrected chi connectivity index (χ4v) is 6.89. The summed E-state index contributed by atoms with van der Waals surface area (Å²) in [4.78, 5) is 3.43. The third-order valence-electron chi connectivity index (χ3n) is 6.16. The van der Waals surface area contributed by atoms with Gasteiger partial charge in [0.2, 0.25) is 0 Å². The summed E-state index contributed by atoms with van der Waals surface area (Å²) in [7, 11) is 0. The Labute approximate surface area is 218 Å². The van der Waals surface area contributed by atoms with Crippen LogP contribution >= 0.6 is 22.7 Å². The van der Waals surface area contributed by atoms with E-state index in [9.17, 15) is 10.2 Å². The number of benzene rings is 4. The minimum atomic E-state index is 0.190. The Bertz CT molecular complexity index is 1490. The van der Waals surface area contributed by atoms with Crippen LogP contribution in [0.1, 0.15) is 0 Å². The van der Waals surface area contributed by atoms with Crippen molar-refractivity contribution >= 4 is 22.7 Å². The highest BCUT2D eigenvalue weighted by atomic mass is 32.1. The van der Waals surface area contributed by atoms with E-state index in [0.717, 1.165) is 41.8 Å². The second-order valence-electron chi connectivity index (χ2n) is 8.43. The average Bonchev–Trinajstić information content (AvgIpc) is 3.47. The van der Waals surface area contributed by atoms with Crippen molar-refractivity contribution < 1.29 is 10.2 Å². The van der Waals surface area contributed by atoms with E-state index < -0.39 is 0 Å². The van der Waals surface area contributed by atoms with Crippen LogP contribution in [-0.2, 0) is 0 Å². The summed E-state index contributed by atoms with van der Waals surface area (Å²) in [6.07, 6.45) is 0. The first-order valence-electron chi connectivity index (χ1n) is 11.7. The molecule has 0 atom stereocenters. The van der Waals surface area contributed by atoms with Gasteiger partial charge in [0.05, 0.1) is 9.75 Å². The van der Waals surface area contributed by atoms with Crippen LogP contribution < -0.4 is 0 Å². The van der Waals surface area contributed by atoms with E-state index in [-0.39, 0.29) is 11.5 Å². The fourth-order valence-electron chi connectivity index (χ4n) is 4.46. The van der Waals surface area contributed by atoms with Gasteiger partial charge in [0.25, 0.3) is 0 Å². The lowest BCUT2D eigenvalue weighted by Crippen LogP contribution is -1.83. The normalized spacial score (nSPS) is 11.0. The molecule has 0 bridgehead atoms. The van der Waals surface area contributed by atoms with E-state index in [2.05, 4.69) is 0 Å². The monoisotopic (exact) mass is 502 g/mol. The molecule has 2 nitrogen and oxygen atoms in total. The van der Waals surface area contributed by atoms with Crippen molar-refractivity contribution in [3.05, 3.63) is 121 Å². The van der Waals surface area contributed by atoms with E-state index >= 15 is 0 Å². The zero-order valence-corrected chi connectivity index (χ0v) is 20.9. The Hall–Kier alpha value is -4.12. The quantitative estimate of drug-likeness (QED) is 0.246. The average molecular weight is 503 g/mol. The van der Waals surface area contributed by atoms with E-state index in [1.165, 1.54) is 0 Å². The molecule has 4 aromatic carbocycles. The maximum absolute atomic E-state index is 11.8. The van der Waals surface area contributed by atoms with Crippen LogP contribution in [0.2, 0.25) is 0 Å². The molecule has 0 aliphatic heterocycles. The first-order chi connectivity index (χ1) is 17.7. The summed E-state index contributed by atoms with van der Waals surface area (Å²) in [5, 5.41) is 23.5. The van der Waals surface area contributed by atoms with Crippen molar-refractivity contribution in [2.75, 3.05) is 0 Å². The molecule has 0 spiro atoms. The smallest absolute Gasteiger partial charge is 0.142 e. The van der Waals surface area contributed by atoms with Crippen molar-refractivity contribution in [3.63, 3.8) is 0 Å². The van der Waals surface area contributed by atoms with Crippen LogP contribution in [0.3, 0.4) is 0 Å². The van der Waals surface area contributed by atoms with Gasteiger partial charge >= 0.3 is 0 Å². The van der Waals surface area contributed by atoms with E-state index in [1.807, 2.05) is 121 Å². The molecule has 0 saturated carbocycles. The van der Waals surface area contributed by atoms with Gasteiger partial charge in [0.1, 0.15) is 11.5 Å². The van der Waals surface area contributed by atoms with Gasteiger partial charge in [0.15, 0.2) is 0 Å². The van der Waals surface area contributed by atoms with Gasteiger partial charge in [-0.25, -0.2) is 0 Å². The van der Waals surface area contributed by atoms with Crippen LogP contribution in [0.25, 0.3) is 52.9 Å². The topological polar surface area (TPSA) is 40.5 Å². The number of hydrogen-bond donors (Lipinski definition) is 2. The number of aromatic hydroxyl groups is 2. The van der Waals surface area contributed by atoms with E-state index in [0.29, 0.717) is 11.1 Å². The van der Waals surface area contributed by atoms with Gasteiger partial charge in [-0.1, -0.05) is 121 Å². The molecule has 0 fully saturated rings. The largest absolute Gasteiger partial charge is 0.506 e. The van der Waals surface area contributed by atoms with Crippen LogP contribution in [0.4, 0.5) is 0 Å². The summed E-state index contributed by atoms with van der Waals surface area (Å²) in [6, 6.07) is 40.0. The van der Waals surface area contributed by atoms with Crippen molar-refractivity contribution in [3.8, 4) is 64.4 Å². The van der Waals surface area contributed by atoms with Gasteiger partial charge < -0.3 is 10.2 Å². The third kappa shape index (κ3) is 3.91. The third-order valence-corrected chi connectivity index (χ3v) is 8.71. The second kappa shape index (κ2) is 9.50.